The first-order chi connectivity index (χ1) is 8.24. The van der Waals surface area contributed by atoms with Crippen molar-refractivity contribution in [1.82, 2.24) is 4.90 Å². The molecule has 17 heavy (non-hydrogen) atoms. The van der Waals surface area contributed by atoms with Crippen LogP contribution >= 0.6 is 0 Å². The van der Waals surface area contributed by atoms with E-state index in [-0.39, 0.29) is 6.61 Å². The van der Waals surface area contributed by atoms with E-state index in [1.54, 1.807) is 0 Å². The summed E-state index contributed by atoms with van der Waals surface area (Å²) in [4.78, 5) is 13.7. The van der Waals surface area contributed by atoms with Crippen molar-refractivity contribution in [2.45, 2.75) is 57.8 Å². The maximum Gasteiger partial charge on any atom is 0.222 e. The molecule has 0 unspecified atom stereocenters. The van der Waals surface area contributed by atoms with Crippen LogP contribution in [0.25, 0.3) is 0 Å². The fourth-order valence-electron chi connectivity index (χ4n) is 2.58. The molecule has 1 fully saturated rings. The predicted octanol–water partition coefficient (Wildman–Crippen LogP) is 2.58. The molecule has 1 amide bonds. The Morgan fingerprint density at radius 1 is 1.24 bits per heavy atom. The highest BCUT2D eigenvalue weighted by atomic mass is 16.2. The van der Waals surface area contributed by atoms with Gasteiger partial charge >= 0.3 is 0 Å². The number of hydrogen-bond donors (Lipinski definition) is 1. The summed E-state index contributed by atoms with van der Waals surface area (Å²) in [6.45, 7) is 1.10. The van der Waals surface area contributed by atoms with Crippen LogP contribution in [0.5, 0.6) is 0 Å². The summed E-state index contributed by atoms with van der Waals surface area (Å²) in [6, 6.07) is 0. The number of amides is 1. The molecule has 1 aliphatic rings. The first kappa shape index (κ1) is 14.5. The van der Waals surface area contributed by atoms with Gasteiger partial charge in [0.05, 0.1) is 0 Å². The van der Waals surface area contributed by atoms with E-state index >= 15 is 0 Å². The third kappa shape index (κ3) is 6.06. The molecule has 0 aromatic rings. The molecule has 0 aromatic carbocycles. The van der Waals surface area contributed by atoms with E-state index in [9.17, 15) is 4.79 Å². The van der Waals surface area contributed by atoms with Crippen LogP contribution in [0.2, 0.25) is 0 Å². The third-order valence-electron chi connectivity index (χ3n) is 3.82. The third-order valence-corrected chi connectivity index (χ3v) is 3.82. The molecular formula is C14H27NO2. The topological polar surface area (TPSA) is 40.5 Å². The van der Waals surface area contributed by atoms with Crippen LogP contribution in [-0.4, -0.2) is 36.1 Å². The molecule has 0 saturated heterocycles. The zero-order valence-electron chi connectivity index (χ0n) is 11.2. The molecule has 0 aromatic heterocycles. The largest absolute Gasteiger partial charge is 0.396 e. The van der Waals surface area contributed by atoms with Crippen LogP contribution in [0.15, 0.2) is 0 Å². The molecule has 0 atom stereocenters. The Morgan fingerprint density at radius 2 is 1.94 bits per heavy atom. The number of unbranched alkanes of at least 4 members (excludes halogenated alkanes) is 2. The van der Waals surface area contributed by atoms with Gasteiger partial charge < -0.3 is 10.0 Å². The van der Waals surface area contributed by atoms with Gasteiger partial charge in [0.25, 0.3) is 0 Å². The van der Waals surface area contributed by atoms with Gasteiger partial charge in [0.1, 0.15) is 0 Å². The second-order valence-electron chi connectivity index (χ2n) is 5.29. The van der Waals surface area contributed by atoms with Gasteiger partial charge in [-0.15, -0.1) is 0 Å². The molecule has 0 heterocycles. The Labute approximate surface area is 105 Å². The number of rotatable bonds is 8. The maximum absolute atomic E-state index is 11.8. The molecule has 1 rings (SSSR count). The molecule has 3 nitrogen and oxygen atoms in total. The highest BCUT2D eigenvalue weighted by Crippen LogP contribution is 2.28. The van der Waals surface area contributed by atoms with Crippen LogP contribution in [0.3, 0.4) is 0 Å². The van der Waals surface area contributed by atoms with Crippen LogP contribution in [-0.2, 0) is 4.79 Å². The molecule has 1 saturated carbocycles. The van der Waals surface area contributed by atoms with E-state index in [1.807, 2.05) is 11.9 Å². The van der Waals surface area contributed by atoms with Crippen molar-refractivity contribution in [3.05, 3.63) is 0 Å². The minimum absolute atomic E-state index is 0.263. The van der Waals surface area contributed by atoms with Gasteiger partial charge in [-0.05, 0) is 31.6 Å². The molecular weight excluding hydrogens is 214 g/mol. The summed E-state index contributed by atoms with van der Waals surface area (Å²) in [7, 11) is 1.90. The van der Waals surface area contributed by atoms with E-state index in [2.05, 4.69) is 0 Å². The predicted molar refractivity (Wildman–Crippen MR) is 69.8 cm³/mol. The Balaban J connectivity index is 2.04. The minimum atomic E-state index is 0.263. The average molecular weight is 241 g/mol. The van der Waals surface area contributed by atoms with Gasteiger partial charge in [-0.2, -0.15) is 0 Å². The van der Waals surface area contributed by atoms with E-state index in [0.717, 1.165) is 44.6 Å². The van der Waals surface area contributed by atoms with Crippen LogP contribution in [0.4, 0.5) is 0 Å². The summed E-state index contributed by atoms with van der Waals surface area (Å²) < 4.78 is 0. The summed E-state index contributed by atoms with van der Waals surface area (Å²) in [5, 5.41) is 8.67. The lowest BCUT2D eigenvalue weighted by Gasteiger charge is -2.18. The molecule has 0 radical (unpaired) electrons. The Morgan fingerprint density at radius 3 is 2.59 bits per heavy atom. The summed E-state index contributed by atoms with van der Waals surface area (Å²) in [6.07, 6.45) is 10.0. The van der Waals surface area contributed by atoms with Gasteiger partial charge in [-0.25, -0.2) is 0 Å². The lowest BCUT2D eigenvalue weighted by atomic mass is 10.0. The highest BCUT2D eigenvalue weighted by Gasteiger charge is 2.17. The zero-order chi connectivity index (χ0) is 12.5. The van der Waals surface area contributed by atoms with Gasteiger partial charge in [-0.3, -0.25) is 4.79 Å². The minimum Gasteiger partial charge on any atom is -0.396 e. The normalized spacial score (nSPS) is 16.4. The Bertz CT molecular complexity index is 212. The number of nitrogens with zero attached hydrogens (tertiary/aromatic N) is 1. The number of carbonyl (C=O) groups excluding carboxylic acids is 1. The van der Waals surface area contributed by atoms with Crippen molar-refractivity contribution in [2.75, 3.05) is 20.2 Å². The van der Waals surface area contributed by atoms with E-state index in [4.69, 9.17) is 5.11 Å². The van der Waals surface area contributed by atoms with E-state index in [1.165, 1.54) is 25.7 Å². The Hall–Kier alpha value is -0.570. The number of aliphatic hydroxyl groups excluding tert-OH is 1. The standard InChI is InChI=1S/C14H27NO2/c1-15(11-5-2-6-12-16)14(17)10-9-13-7-3-4-8-13/h13,16H,2-12H2,1H3. The molecule has 3 heteroatoms. The molecule has 0 bridgehead atoms. The average Bonchev–Trinajstić information content (AvgIpc) is 2.84. The van der Waals surface area contributed by atoms with Crippen LogP contribution in [0.1, 0.15) is 57.8 Å². The lowest BCUT2D eigenvalue weighted by Crippen LogP contribution is -2.27. The van der Waals surface area contributed by atoms with Crippen molar-refractivity contribution in [2.24, 2.45) is 5.92 Å². The quantitative estimate of drug-likeness (QED) is 0.664. The van der Waals surface area contributed by atoms with Gasteiger partial charge in [0, 0.05) is 26.6 Å². The van der Waals surface area contributed by atoms with Gasteiger partial charge in [0.15, 0.2) is 0 Å². The van der Waals surface area contributed by atoms with E-state index < -0.39 is 0 Å². The van der Waals surface area contributed by atoms with Gasteiger partial charge in [0.2, 0.25) is 5.91 Å². The highest BCUT2D eigenvalue weighted by molar-refractivity contribution is 5.75. The first-order valence-corrected chi connectivity index (χ1v) is 7.09. The van der Waals surface area contributed by atoms with Crippen molar-refractivity contribution in [1.29, 1.82) is 0 Å². The number of carbonyl (C=O) groups is 1. The monoisotopic (exact) mass is 241 g/mol. The molecule has 100 valence electrons. The van der Waals surface area contributed by atoms with Crippen molar-refractivity contribution in [3.63, 3.8) is 0 Å². The SMILES string of the molecule is CN(CCCCCO)C(=O)CCC1CCCC1. The van der Waals surface area contributed by atoms with Crippen molar-refractivity contribution < 1.29 is 9.90 Å². The lowest BCUT2D eigenvalue weighted by molar-refractivity contribution is -0.130. The Kier molecular flexibility index (Phi) is 7.25. The number of hydrogen-bond acceptors (Lipinski definition) is 2. The zero-order valence-corrected chi connectivity index (χ0v) is 11.2. The van der Waals surface area contributed by atoms with Crippen LogP contribution < -0.4 is 0 Å². The number of aliphatic hydroxyl groups is 1. The van der Waals surface area contributed by atoms with E-state index in [0.29, 0.717) is 5.91 Å². The van der Waals surface area contributed by atoms with Crippen molar-refractivity contribution >= 4 is 5.91 Å². The van der Waals surface area contributed by atoms with Crippen LogP contribution in [0, 0.1) is 5.92 Å². The molecule has 1 aliphatic carbocycles. The first-order valence-electron chi connectivity index (χ1n) is 7.09. The fraction of sp³-hybridized carbons (Fsp3) is 0.929. The maximum atomic E-state index is 11.8. The smallest absolute Gasteiger partial charge is 0.222 e. The van der Waals surface area contributed by atoms with Crippen molar-refractivity contribution in [3.8, 4) is 0 Å². The molecule has 1 N–H and O–H groups in total. The molecule has 0 aliphatic heterocycles. The summed E-state index contributed by atoms with van der Waals surface area (Å²) in [5.74, 6) is 1.10. The second-order valence-corrected chi connectivity index (χ2v) is 5.29. The fourth-order valence-corrected chi connectivity index (χ4v) is 2.58. The summed E-state index contributed by atoms with van der Waals surface area (Å²) >= 11 is 0. The second kappa shape index (κ2) is 8.51. The summed E-state index contributed by atoms with van der Waals surface area (Å²) in [5.41, 5.74) is 0. The van der Waals surface area contributed by atoms with Gasteiger partial charge in [-0.1, -0.05) is 25.7 Å². The molecule has 0 spiro atoms.